The number of amides is 1. The molecule has 2 atom stereocenters. The van der Waals surface area contributed by atoms with Crippen LogP contribution >= 0.6 is 0 Å². The Bertz CT molecular complexity index is 336. The van der Waals surface area contributed by atoms with Gasteiger partial charge in [0.15, 0.2) is 0 Å². The van der Waals surface area contributed by atoms with E-state index >= 15 is 0 Å². The average Bonchev–Trinajstić information content (AvgIpc) is 2.62. The highest BCUT2D eigenvalue weighted by atomic mass is 16.4. The number of carboxylic acid groups (broad SMARTS) is 1. The van der Waals surface area contributed by atoms with Gasteiger partial charge in [-0.2, -0.15) is 0 Å². The Kier molecular flexibility index (Phi) is 6.95. The molecule has 2 N–H and O–H groups in total. The van der Waals surface area contributed by atoms with E-state index in [0.717, 1.165) is 32.5 Å². The predicted molar refractivity (Wildman–Crippen MR) is 77.6 cm³/mol. The van der Waals surface area contributed by atoms with Crippen molar-refractivity contribution < 1.29 is 14.7 Å². The van der Waals surface area contributed by atoms with E-state index in [1.807, 2.05) is 25.7 Å². The number of carboxylic acids is 1. The summed E-state index contributed by atoms with van der Waals surface area (Å²) >= 11 is 0. The molecule has 0 aromatic carbocycles. The standard InChI is InChI=1S/C14H27N3O3/c1-4-11(2)15-14(20)12(3)17-7-5-6-16(8-9-17)10-13(18)19/h11-12H,4-10H2,1-3H3,(H,15,20)(H,18,19). The van der Waals surface area contributed by atoms with Gasteiger partial charge < -0.3 is 10.4 Å². The molecule has 0 radical (unpaired) electrons. The van der Waals surface area contributed by atoms with Gasteiger partial charge in [0.05, 0.1) is 12.6 Å². The molecule has 0 aromatic heterocycles. The number of aliphatic carboxylic acids is 1. The van der Waals surface area contributed by atoms with Crippen molar-refractivity contribution in [3.05, 3.63) is 0 Å². The summed E-state index contributed by atoms with van der Waals surface area (Å²) in [5.74, 6) is -0.730. The summed E-state index contributed by atoms with van der Waals surface area (Å²) in [7, 11) is 0. The normalized spacial score (nSPS) is 20.9. The third-order valence-corrected chi connectivity index (χ3v) is 3.91. The van der Waals surface area contributed by atoms with Crippen molar-refractivity contribution in [1.82, 2.24) is 15.1 Å². The first-order valence-corrected chi connectivity index (χ1v) is 7.42. The first-order valence-electron chi connectivity index (χ1n) is 7.42. The second-order valence-corrected chi connectivity index (χ2v) is 5.55. The fraction of sp³-hybridized carbons (Fsp3) is 0.857. The minimum absolute atomic E-state index is 0.0611. The fourth-order valence-electron chi connectivity index (χ4n) is 2.36. The van der Waals surface area contributed by atoms with Crippen LogP contribution in [0, 0.1) is 0 Å². The molecule has 116 valence electrons. The summed E-state index contributed by atoms with van der Waals surface area (Å²) < 4.78 is 0. The maximum Gasteiger partial charge on any atom is 0.317 e. The SMILES string of the molecule is CCC(C)NC(=O)C(C)N1CCCN(CC(=O)O)CC1. The van der Waals surface area contributed by atoms with Crippen molar-refractivity contribution in [3.63, 3.8) is 0 Å². The van der Waals surface area contributed by atoms with Crippen molar-refractivity contribution in [2.24, 2.45) is 0 Å². The number of nitrogens with one attached hydrogen (secondary N) is 1. The van der Waals surface area contributed by atoms with Gasteiger partial charge in [-0.15, -0.1) is 0 Å². The molecule has 1 rings (SSSR count). The van der Waals surface area contributed by atoms with Crippen LogP contribution < -0.4 is 5.32 Å². The first-order chi connectivity index (χ1) is 9.43. The minimum atomic E-state index is -0.791. The summed E-state index contributed by atoms with van der Waals surface area (Å²) in [6.07, 6.45) is 1.82. The van der Waals surface area contributed by atoms with Gasteiger partial charge in [0.25, 0.3) is 0 Å². The highest BCUT2D eigenvalue weighted by molar-refractivity contribution is 5.81. The number of hydrogen-bond acceptors (Lipinski definition) is 4. The smallest absolute Gasteiger partial charge is 0.317 e. The van der Waals surface area contributed by atoms with Crippen LogP contribution in [0.5, 0.6) is 0 Å². The highest BCUT2D eigenvalue weighted by Crippen LogP contribution is 2.08. The van der Waals surface area contributed by atoms with Crippen LogP contribution in [-0.4, -0.2) is 71.6 Å². The van der Waals surface area contributed by atoms with Gasteiger partial charge in [0.1, 0.15) is 0 Å². The molecule has 0 saturated carbocycles. The fourth-order valence-corrected chi connectivity index (χ4v) is 2.36. The Hall–Kier alpha value is -1.14. The zero-order valence-electron chi connectivity index (χ0n) is 12.8. The van der Waals surface area contributed by atoms with Crippen molar-refractivity contribution in [2.45, 2.75) is 45.7 Å². The Morgan fingerprint density at radius 2 is 1.90 bits per heavy atom. The molecule has 1 aliphatic rings. The molecular weight excluding hydrogens is 258 g/mol. The van der Waals surface area contributed by atoms with Crippen LogP contribution in [0.15, 0.2) is 0 Å². The van der Waals surface area contributed by atoms with Crippen LogP contribution in [0.4, 0.5) is 0 Å². The largest absolute Gasteiger partial charge is 0.480 e. The highest BCUT2D eigenvalue weighted by Gasteiger charge is 2.25. The van der Waals surface area contributed by atoms with Crippen LogP contribution in [0.1, 0.15) is 33.6 Å². The molecule has 1 fully saturated rings. The second-order valence-electron chi connectivity index (χ2n) is 5.55. The number of nitrogens with zero attached hydrogens (tertiary/aromatic N) is 2. The molecule has 0 aromatic rings. The summed E-state index contributed by atoms with van der Waals surface area (Å²) in [5, 5.41) is 11.8. The Balaban J connectivity index is 2.47. The van der Waals surface area contributed by atoms with Gasteiger partial charge >= 0.3 is 5.97 Å². The molecule has 1 aliphatic heterocycles. The first kappa shape index (κ1) is 16.9. The van der Waals surface area contributed by atoms with E-state index in [2.05, 4.69) is 10.2 Å². The summed E-state index contributed by atoms with van der Waals surface area (Å²) in [4.78, 5) is 26.9. The lowest BCUT2D eigenvalue weighted by molar-refractivity contribution is -0.138. The molecule has 1 amide bonds. The van der Waals surface area contributed by atoms with Crippen molar-refractivity contribution in [2.75, 3.05) is 32.7 Å². The molecular formula is C14H27N3O3. The Labute approximate surface area is 121 Å². The zero-order chi connectivity index (χ0) is 15.1. The van der Waals surface area contributed by atoms with Gasteiger partial charge in [0.2, 0.25) is 5.91 Å². The number of rotatable bonds is 6. The van der Waals surface area contributed by atoms with Crippen LogP contribution in [-0.2, 0) is 9.59 Å². The number of carbonyl (C=O) groups is 2. The van der Waals surface area contributed by atoms with E-state index in [-0.39, 0.29) is 24.5 Å². The topological polar surface area (TPSA) is 72.9 Å². The third kappa shape index (κ3) is 5.46. The van der Waals surface area contributed by atoms with Crippen molar-refractivity contribution >= 4 is 11.9 Å². The molecule has 0 spiro atoms. The summed E-state index contributed by atoms with van der Waals surface area (Å²) in [6, 6.07) is 0.0363. The van der Waals surface area contributed by atoms with E-state index in [4.69, 9.17) is 5.11 Å². The monoisotopic (exact) mass is 285 g/mol. The summed E-state index contributed by atoms with van der Waals surface area (Å²) in [5.41, 5.74) is 0. The number of hydrogen-bond donors (Lipinski definition) is 2. The second kappa shape index (κ2) is 8.21. The van der Waals surface area contributed by atoms with Crippen LogP contribution in [0.3, 0.4) is 0 Å². The summed E-state index contributed by atoms with van der Waals surface area (Å²) in [6.45, 7) is 9.11. The lowest BCUT2D eigenvalue weighted by Crippen LogP contribution is -2.48. The van der Waals surface area contributed by atoms with E-state index < -0.39 is 5.97 Å². The Morgan fingerprint density at radius 1 is 1.20 bits per heavy atom. The van der Waals surface area contributed by atoms with E-state index in [0.29, 0.717) is 6.54 Å². The van der Waals surface area contributed by atoms with Crippen molar-refractivity contribution in [1.29, 1.82) is 0 Å². The van der Waals surface area contributed by atoms with Crippen LogP contribution in [0.25, 0.3) is 0 Å². The van der Waals surface area contributed by atoms with Gasteiger partial charge in [-0.1, -0.05) is 6.92 Å². The average molecular weight is 285 g/mol. The van der Waals surface area contributed by atoms with E-state index in [1.165, 1.54) is 0 Å². The molecule has 6 nitrogen and oxygen atoms in total. The van der Waals surface area contributed by atoms with Crippen molar-refractivity contribution in [3.8, 4) is 0 Å². The molecule has 0 bridgehead atoms. The molecule has 1 heterocycles. The van der Waals surface area contributed by atoms with Gasteiger partial charge in [-0.05, 0) is 26.7 Å². The molecule has 6 heteroatoms. The quantitative estimate of drug-likeness (QED) is 0.738. The maximum atomic E-state index is 12.1. The number of carbonyl (C=O) groups excluding carboxylic acids is 1. The third-order valence-electron chi connectivity index (χ3n) is 3.91. The minimum Gasteiger partial charge on any atom is -0.480 e. The van der Waals surface area contributed by atoms with E-state index in [1.54, 1.807) is 0 Å². The molecule has 1 saturated heterocycles. The zero-order valence-corrected chi connectivity index (χ0v) is 12.8. The van der Waals surface area contributed by atoms with Crippen LogP contribution in [0.2, 0.25) is 0 Å². The molecule has 2 unspecified atom stereocenters. The lowest BCUT2D eigenvalue weighted by Gasteiger charge is -2.27. The van der Waals surface area contributed by atoms with Gasteiger partial charge in [-0.25, -0.2) is 0 Å². The predicted octanol–water partition coefficient (Wildman–Crippen LogP) is 0.382. The lowest BCUT2D eigenvalue weighted by atomic mass is 10.2. The van der Waals surface area contributed by atoms with Gasteiger partial charge in [-0.3, -0.25) is 19.4 Å². The molecule has 0 aliphatic carbocycles. The Morgan fingerprint density at radius 3 is 2.50 bits per heavy atom. The molecule has 20 heavy (non-hydrogen) atoms. The van der Waals surface area contributed by atoms with E-state index in [9.17, 15) is 9.59 Å². The van der Waals surface area contributed by atoms with Gasteiger partial charge in [0, 0.05) is 32.2 Å². The maximum absolute atomic E-state index is 12.1.